The van der Waals surface area contributed by atoms with Gasteiger partial charge in [0.2, 0.25) is 0 Å². The average molecular weight is 677 g/mol. The summed E-state index contributed by atoms with van der Waals surface area (Å²) in [6.07, 6.45) is 0. The number of rotatable bonds is 5. The van der Waals surface area contributed by atoms with Gasteiger partial charge in [-0.05, 0) is 78.2 Å². The van der Waals surface area contributed by atoms with Gasteiger partial charge >= 0.3 is 0 Å². The van der Waals surface area contributed by atoms with Gasteiger partial charge in [0, 0.05) is 22.1 Å². The fraction of sp³-hybridized carbons (Fsp3) is 0.0588. The highest BCUT2D eigenvalue weighted by Gasteiger charge is 2.36. The molecule has 0 saturated heterocycles. The van der Waals surface area contributed by atoms with Gasteiger partial charge in [0.05, 0.1) is 11.4 Å². The van der Waals surface area contributed by atoms with E-state index in [1.807, 2.05) is 6.07 Å². The molecule has 0 fully saturated rings. The number of benzene rings is 8. The van der Waals surface area contributed by atoms with Crippen LogP contribution in [-0.2, 0) is 5.41 Å². The number of fused-ring (bicyclic) bond motifs is 5. The third kappa shape index (κ3) is 5.10. The SMILES string of the molecule is CC1(C)c2ccccc2-c2c(-c3ccc(-c4cc(-c5ccccc5-c5ccc6ccccc6c5)nc(-c5ccccc5)n4)c4ccccc34)cccc21. The minimum Gasteiger partial charge on any atom is -0.228 e. The van der Waals surface area contributed by atoms with E-state index in [2.05, 4.69) is 190 Å². The van der Waals surface area contributed by atoms with Gasteiger partial charge in [-0.2, -0.15) is 0 Å². The molecule has 2 heteroatoms. The van der Waals surface area contributed by atoms with Crippen LogP contribution in [0, 0.1) is 0 Å². The first kappa shape index (κ1) is 31.1. The molecule has 0 aliphatic heterocycles. The third-order valence-corrected chi connectivity index (χ3v) is 11.1. The largest absolute Gasteiger partial charge is 0.228 e. The summed E-state index contributed by atoms with van der Waals surface area (Å²) in [4.78, 5) is 10.5. The summed E-state index contributed by atoms with van der Waals surface area (Å²) in [6.45, 7) is 4.69. The van der Waals surface area contributed by atoms with Gasteiger partial charge in [0.1, 0.15) is 0 Å². The van der Waals surface area contributed by atoms with E-state index < -0.39 is 0 Å². The molecule has 0 radical (unpaired) electrons. The predicted octanol–water partition coefficient (Wildman–Crippen LogP) is 13.4. The summed E-state index contributed by atoms with van der Waals surface area (Å²) in [7, 11) is 0. The maximum atomic E-state index is 5.29. The number of aromatic nitrogens is 2. The van der Waals surface area contributed by atoms with Crippen molar-refractivity contribution in [1.29, 1.82) is 0 Å². The van der Waals surface area contributed by atoms with Crippen LogP contribution >= 0.6 is 0 Å². The molecule has 0 unspecified atom stereocenters. The van der Waals surface area contributed by atoms with Gasteiger partial charge in [0.15, 0.2) is 5.82 Å². The van der Waals surface area contributed by atoms with Crippen molar-refractivity contribution in [1.82, 2.24) is 9.97 Å². The second kappa shape index (κ2) is 12.3. The highest BCUT2D eigenvalue weighted by atomic mass is 14.9. The van der Waals surface area contributed by atoms with E-state index in [9.17, 15) is 0 Å². The van der Waals surface area contributed by atoms with Crippen molar-refractivity contribution in [3.8, 4) is 67.3 Å². The lowest BCUT2D eigenvalue weighted by Gasteiger charge is -2.22. The topological polar surface area (TPSA) is 25.8 Å². The van der Waals surface area contributed by atoms with E-state index >= 15 is 0 Å². The smallest absolute Gasteiger partial charge is 0.160 e. The van der Waals surface area contributed by atoms with Crippen molar-refractivity contribution in [3.05, 3.63) is 193 Å². The molecule has 1 heterocycles. The highest BCUT2D eigenvalue weighted by Crippen LogP contribution is 2.53. The summed E-state index contributed by atoms with van der Waals surface area (Å²) in [5, 5.41) is 4.82. The van der Waals surface area contributed by atoms with Crippen LogP contribution in [0.15, 0.2) is 182 Å². The molecule has 1 aliphatic carbocycles. The van der Waals surface area contributed by atoms with E-state index in [0.717, 1.165) is 39.2 Å². The second-order valence-corrected chi connectivity index (χ2v) is 14.5. The maximum absolute atomic E-state index is 5.29. The summed E-state index contributed by atoms with van der Waals surface area (Å²) in [6, 6.07) is 65.4. The van der Waals surface area contributed by atoms with Crippen LogP contribution in [0.4, 0.5) is 0 Å². The summed E-state index contributed by atoms with van der Waals surface area (Å²) >= 11 is 0. The Morgan fingerprint density at radius 2 is 0.943 bits per heavy atom. The fourth-order valence-corrected chi connectivity index (χ4v) is 8.49. The molecule has 9 aromatic rings. The van der Waals surface area contributed by atoms with Gasteiger partial charge in [0.25, 0.3) is 0 Å². The molecule has 1 aliphatic rings. The Labute approximate surface area is 310 Å². The first-order valence-electron chi connectivity index (χ1n) is 18.3. The van der Waals surface area contributed by atoms with Gasteiger partial charge in [-0.1, -0.05) is 184 Å². The molecule has 0 N–H and O–H groups in total. The third-order valence-electron chi connectivity index (χ3n) is 11.1. The van der Waals surface area contributed by atoms with Crippen molar-refractivity contribution in [3.63, 3.8) is 0 Å². The zero-order valence-corrected chi connectivity index (χ0v) is 29.7. The van der Waals surface area contributed by atoms with Crippen LogP contribution in [0.5, 0.6) is 0 Å². The van der Waals surface area contributed by atoms with Crippen LogP contribution in [0.3, 0.4) is 0 Å². The molecule has 0 spiro atoms. The van der Waals surface area contributed by atoms with Crippen molar-refractivity contribution in [2.24, 2.45) is 0 Å². The zero-order chi connectivity index (χ0) is 35.5. The van der Waals surface area contributed by atoms with Crippen molar-refractivity contribution in [2.75, 3.05) is 0 Å². The van der Waals surface area contributed by atoms with Crippen LogP contribution in [0.2, 0.25) is 0 Å². The Kier molecular flexibility index (Phi) is 7.19. The molecule has 1 aromatic heterocycles. The van der Waals surface area contributed by atoms with Crippen LogP contribution in [0.1, 0.15) is 25.0 Å². The standard InChI is InChI=1S/C51H36N2/c1-51(2)45-25-13-12-23-44(45)49-43(24-14-26-46(49)51)40-29-30-42(39-21-10-9-20-38(39)40)48-32-47(52-50(53-48)34-16-4-3-5-17-34)41-22-11-8-19-37(41)36-28-27-33-15-6-7-18-35(33)31-36/h3-32H,1-2H3. The van der Waals surface area contributed by atoms with Gasteiger partial charge < -0.3 is 0 Å². The van der Waals surface area contributed by atoms with E-state index in [1.54, 1.807) is 0 Å². The molecule has 0 atom stereocenters. The number of nitrogens with zero attached hydrogens (tertiary/aromatic N) is 2. The number of hydrogen-bond acceptors (Lipinski definition) is 2. The van der Waals surface area contributed by atoms with Crippen molar-refractivity contribution >= 4 is 21.5 Å². The van der Waals surface area contributed by atoms with E-state index in [4.69, 9.17) is 9.97 Å². The van der Waals surface area contributed by atoms with Gasteiger partial charge in [-0.15, -0.1) is 0 Å². The summed E-state index contributed by atoms with van der Waals surface area (Å²) < 4.78 is 0. The highest BCUT2D eigenvalue weighted by molar-refractivity contribution is 6.08. The Hall–Kier alpha value is -6.64. The average Bonchev–Trinajstić information content (AvgIpc) is 3.46. The quantitative estimate of drug-likeness (QED) is 0.181. The zero-order valence-electron chi connectivity index (χ0n) is 29.7. The number of hydrogen-bond donors (Lipinski definition) is 0. The van der Waals surface area contributed by atoms with E-state index in [1.165, 1.54) is 54.9 Å². The Morgan fingerprint density at radius 1 is 0.358 bits per heavy atom. The Balaban J connectivity index is 1.18. The van der Waals surface area contributed by atoms with E-state index in [-0.39, 0.29) is 5.41 Å². The molecule has 2 nitrogen and oxygen atoms in total. The van der Waals surface area contributed by atoms with Crippen LogP contribution in [0.25, 0.3) is 88.8 Å². The Morgan fingerprint density at radius 3 is 1.75 bits per heavy atom. The Bertz CT molecular complexity index is 2870. The minimum atomic E-state index is -0.0635. The first-order valence-corrected chi connectivity index (χ1v) is 18.3. The molecular formula is C51H36N2. The minimum absolute atomic E-state index is 0.0635. The van der Waals surface area contributed by atoms with Gasteiger partial charge in [-0.3, -0.25) is 0 Å². The second-order valence-electron chi connectivity index (χ2n) is 14.5. The van der Waals surface area contributed by atoms with Crippen LogP contribution < -0.4 is 0 Å². The predicted molar refractivity (Wildman–Crippen MR) is 222 cm³/mol. The van der Waals surface area contributed by atoms with Crippen LogP contribution in [-0.4, -0.2) is 9.97 Å². The first-order chi connectivity index (χ1) is 26.0. The lowest BCUT2D eigenvalue weighted by Crippen LogP contribution is -2.14. The molecule has 250 valence electrons. The molecule has 8 aromatic carbocycles. The molecule has 10 rings (SSSR count). The van der Waals surface area contributed by atoms with Crippen molar-refractivity contribution < 1.29 is 0 Å². The molecule has 0 bridgehead atoms. The fourth-order valence-electron chi connectivity index (χ4n) is 8.49. The molecular weight excluding hydrogens is 641 g/mol. The maximum Gasteiger partial charge on any atom is 0.160 e. The molecule has 0 amide bonds. The van der Waals surface area contributed by atoms with Crippen molar-refractivity contribution in [2.45, 2.75) is 19.3 Å². The molecule has 53 heavy (non-hydrogen) atoms. The monoisotopic (exact) mass is 676 g/mol. The summed E-state index contributed by atoms with van der Waals surface area (Å²) in [5.41, 5.74) is 15.1. The molecule has 0 saturated carbocycles. The van der Waals surface area contributed by atoms with Gasteiger partial charge in [-0.25, -0.2) is 9.97 Å². The normalized spacial score (nSPS) is 12.9. The summed E-state index contributed by atoms with van der Waals surface area (Å²) in [5.74, 6) is 0.708. The lowest BCUT2D eigenvalue weighted by molar-refractivity contribution is 0.660. The lowest BCUT2D eigenvalue weighted by atomic mass is 9.81. The van der Waals surface area contributed by atoms with E-state index in [0.29, 0.717) is 5.82 Å².